The van der Waals surface area contributed by atoms with Crippen molar-refractivity contribution in [3.05, 3.63) is 70.8 Å². The number of rotatable bonds is 9. The molecule has 0 radical (unpaired) electrons. The highest BCUT2D eigenvalue weighted by atomic mass is 33.1. The Labute approximate surface area is 200 Å². The van der Waals surface area contributed by atoms with Crippen molar-refractivity contribution in [2.45, 2.75) is 12.1 Å². The average molecular weight is 501 g/mol. The van der Waals surface area contributed by atoms with Gasteiger partial charge in [0, 0.05) is 11.5 Å². The van der Waals surface area contributed by atoms with Gasteiger partial charge in [0.25, 0.3) is 23.6 Å². The van der Waals surface area contributed by atoms with Crippen LogP contribution in [0.15, 0.2) is 48.5 Å². The summed E-state index contributed by atoms with van der Waals surface area (Å²) in [7, 11) is 1.85. The molecule has 2 aliphatic rings. The number of carboxylic acid groups (broad SMARTS) is 2. The number of aliphatic carboxylic acids is 2. The first-order valence-electron chi connectivity index (χ1n) is 9.88. The highest BCUT2D eigenvalue weighted by Crippen LogP contribution is 2.32. The predicted molar refractivity (Wildman–Crippen MR) is 122 cm³/mol. The van der Waals surface area contributed by atoms with E-state index in [9.17, 15) is 39.0 Å². The highest BCUT2D eigenvalue weighted by Gasteiger charge is 2.44. The van der Waals surface area contributed by atoms with Crippen molar-refractivity contribution in [1.82, 2.24) is 9.80 Å². The van der Waals surface area contributed by atoms with E-state index in [1.165, 1.54) is 24.3 Å². The lowest BCUT2D eigenvalue weighted by Gasteiger charge is -2.23. The second kappa shape index (κ2) is 9.31. The van der Waals surface area contributed by atoms with Gasteiger partial charge in [0.2, 0.25) is 0 Å². The van der Waals surface area contributed by atoms with Crippen molar-refractivity contribution >= 4 is 57.2 Å². The van der Waals surface area contributed by atoms with Gasteiger partial charge < -0.3 is 10.2 Å². The number of hydrogen-bond acceptors (Lipinski definition) is 8. The van der Waals surface area contributed by atoms with Gasteiger partial charge in [0.15, 0.2) is 0 Å². The predicted octanol–water partition coefficient (Wildman–Crippen LogP) is 1.87. The molecule has 10 nitrogen and oxygen atoms in total. The molecule has 4 amide bonds. The Morgan fingerprint density at radius 2 is 0.882 bits per heavy atom. The first-order valence-corrected chi connectivity index (χ1v) is 12.4. The quantitative estimate of drug-likeness (QED) is 0.297. The van der Waals surface area contributed by atoms with E-state index in [2.05, 4.69) is 0 Å². The van der Waals surface area contributed by atoms with Crippen molar-refractivity contribution in [2.75, 3.05) is 11.5 Å². The molecule has 2 atom stereocenters. The summed E-state index contributed by atoms with van der Waals surface area (Å²) in [5.74, 6) is -6.09. The second-order valence-electron chi connectivity index (χ2n) is 7.33. The van der Waals surface area contributed by atoms with Gasteiger partial charge in [-0.2, -0.15) is 0 Å². The number of carboxylic acids is 2. The summed E-state index contributed by atoms with van der Waals surface area (Å²) in [6, 6.07) is 9.08. The molecule has 2 heterocycles. The summed E-state index contributed by atoms with van der Waals surface area (Å²) in [5.41, 5.74) is 0.474. The second-order valence-corrected chi connectivity index (χ2v) is 9.88. The van der Waals surface area contributed by atoms with Crippen LogP contribution in [0.25, 0.3) is 0 Å². The van der Waals surface area contributed by atoms with Crippen LogP contribution in [-0.4, -0.2) is 79.2 Å². The molecule has 2 aliphatic heterocycles. The van der Waals surface area contributed by atoms with E-state index in [1.54, 1.807) is 24.3 Å². The van der Waals surface area contributed by atoms with E-state index >= 15 is 0 Å². The topological polar surface area (TPSA) is 149 Å². The molecule has 0 bridgehead atoms. The maximum absolute atomic E-state index is 12.6. The standard InChI is InChI=1S/C22H16N2O8S2/c25-17-11-5-1-2-6-12(11)18(26)23(17)15(21(29)30)9-33-34-10-16(22(31)32)24-19(27)13-7-3-4-8-14(13)20(24)28/h1-8,15-16H,9-10H2,(H,29,30)(H,31,32)/t15-,16-/m0/s1. The number of hydrogen-bond donors (Lipinski definition) is 2. The molecule has 2 aromatic carbocycles. The van der Waals surface area contributed by atoms with Gasteiger partial charge in [-0.25, -0.2) is 9.59 Å². The van der Waals surface area contributed by atoms with Crippen LogP contribution in [0.2, 0.25) is 0 Å². The van der Waals surface area contributed by atoms with Crippen LogP contribution >= 0.6 is 21.6 Å². The number of carbonyl (C=O) groups is 6. The Morgan fingerprint density at radius 3 is 1.12 bits per heavy atom. The molecular formula is C22H16N2O8S2. The minimum absolute atomic E-state index is 0.118. The van der Waals surface area contributed by atoms with Gasteiger partial charge in [0.1, 0.15) is 12.1 Å². The lowest BCUT2D eigenvalue weighted by molar-refractivity contribution is -0.141. The molecule has 2 aromatic rings. The minimum atomic E-state index is -1.48. The Kier molecular flexibility index (Phi) is 6.44. The molecule has 0 fully saturated rings. The van der Waals surface area contributed by atoms with Crippen molar-refractivity contribution < 1.29 is 39.0 Å². The number of nitrogens with zero attached hydrogens (tertiary/aromatic N) is 2. The Hall–Kier alpha value is -3.64. The molecule has 0 aliphatic carbocycles. The number of benzene rings is 2. The normalized spacial score (nSPS) is 16.5. The number of fused-ring (bicyclic) bond motifs is 2. The molecule has 34 heavy (non-hydrogen) atoms. The Bertz CT molecular complexity index is 1080. The number of carbonyl (C=O) groups excluding carboxylic acids is 4. The van der Waals surface area contributed by atoms with E-state index in [0.717, 1.165) is 21.6 Å². The average Bonchev–Trinajstić information content (AvgIpc) is 3.21. The van der Waals surface area contributed by atoms with Crippen LogP contribution in [0, 0.1) is 0 Å². The molecule has 0 aromatic heterocycles. The van der Waals surface area contributed by atoms with Gasteiger partial charge in [-0.3, -0.25) is 29.0 Å². The van der Waals surface area contributed by atoms with Crippen LogP contribution in [0.3, 0.4) is 0 Å². The van der Waals surface area contributed by atoms with Crippen molar-refractivity contribution in [1.29, 1.82) is 0 Å². The van der Waals surface area contributed by atoms with Crippen LogP contribution in [0.5, 0.6) is 0 Å². The summed E-state index contributed by atoms with van der Waals surface area (Å²) < 4.78 is 0. The SMILES string of the molecule is O=C(O)[C@H](CSSC[C@@H](C(=O)O)N1C(=O)c2ccccc2C1=O)N1C(=O)c2ccccc2C1=O. The molecule has 0 saturated heterocycles. The van der Waals surface area contributed by atoms with Crippen molar-refractivity contribution in [3.63, 3.8) is 0 Å². The van der Waals surface area contributed by atoms with E-state index < -0.39 is 47.7 Å². The van der Waals surface area contributed by atoms with E-state index in [0.29, 0.717) is 9.80 Å². The zero-order chi connectivity index (χ0) is 24.6. The molecule has 0 saturated carbocycles. The molecule has 0 spiro atoms. The van der Waals surface area contributed by atoms with Gasteiger partial charge in [-0.1, -0.05) is 45.9 Å². The summed E-state index contributed by atoms with van der Waals surface area (Å²) in [4.78, 5) is 75.4. The number of amides is 4. The molecule has 4 rings (SSSR count). The maximum Gasteiger partial charge on any atom is 0.327 e. The van der Waals surface area contributed by atoms with Gasteiger partial charge in [-0.15, -0.1) is 0 Å². The fourth-order valence-electron chi connectivity index (χ4n) is 3.72. The minimum Gasteiger partial charge on any atom is -0.480 e. The summed E-state index contributed by atoms with van der Waals surface area (Å²) >= 11 is 0. The fraction of sp³-hybridized carbons (Fsp3) is 0.182. The molecule has 0 unspecified atom stereocenters. The fourth-order valence-corrected chi connectivity index (χ4v) is 6.10. The zero-order valence-electron chi connectivity index (χ0n) is 17.2. The maximum atomic E-state index is 12.6. The summed E-state index contributed by atoms with van der Waals surface area (Å²) in [5, 5.41) is 19.3. The van der Waals surface area contributed by atoms with Crippen molar-refractivity contribution in [3.8, 4) is 0 Å². The number of imide groups is 2. The molecule has 174 valence electrons. The van der Waals surface area contributed by atoms with Crippen LogP contribution in [0.4, 0.5) is 0 Å². The molecule has 2 N–H and O–H groups in total. The first-order chi connectivity index (χ1) is 16.2. The zero-order valence-corrected chi connectivity index (χ0v) is 18.9. The Morgan fingerprint density at radius 1 is 0.618 bits per heavy atom. The molecule has 12 heteroatoms. The van der Waals surface area contributed by atoms with Crippen LogP contribution in [0.1, 0.15) is 41.4 Å². The summed E-state index contributed by atoms with van der Waals surface area (Å²) in [6.45, 7) is 0. The van der Waals surface area contributed by atoms with E-state index in [-0.39, 0.29) is 33.8 Å². The lowest BCUT2D eigenvalue weighted by atomic mass is 10.1. The third-order valence-electron chi connectivity index (χ3n) is 5.38. The Balaban J connectivity index is 1.42. The van der Waals surface area contributed by atoms with Gasteiger partial charge >= 0.3 is 11.9 Å². The van der Waals surface area contributed by atoms with Crippen molar-refractivity contribution in [2.24, 2.45) is 0 Å². The highest BCUT2D eigenvalue weighted by molar-refractivity contribution is 8.76. The van der Waals surface area contributed by atoms with Crippen LogP contribution in [-0.2, 0) is 9.59 Å². The van der Waals surface area contributed by atoms with Gasteiger partial charge in [0.05, 0.1) is 22.3 Å². The molecular weight excluding hydrogens is 484 g/mol. The third-order valence-corrected chi connectivity index (χ3v) is 7.77. The smallest absolute Gasteiger partial charge is 0.327 e. The van der Waals surface area contributed by atoms with E-state index in [4.69, 9.17) is 0 Å². The first kappa shape index (κ1) is 23.5. The van der Waals surface area contributed by atoms with Crippen LogP contribution < -0.4 is 0 Å². The summed E-state index contributed by atoms with van der Waals surface area (Å²) in [6.07, 6.45) is 0. The third kappa shape index (κ3) is 3.94. The van der Waals surface area contributed by atoms with Gasteiger partial charge in [-0.05, 0) is 24.3 Å². The van der Waals surface area contributed by atoms with E-state index in [1.807, 2.05) is 0 Å². The lowest BCUT2D eigenvalue weighted by Crippen LogP contribution is -2.47. The monoisotopic (exact) mass is 500 g/mol. The largest absolute Gasteiger partial charge is 0.480 e.